The Labute approximate surface area is 44.0 Å². The maximum Gasteiger partial charge on any atom is 0.0758 e. The van der Waals surface area contributed by atoms with Gasteiger partial charge in [0.1, 0.15) is 0 Å². The second-order valence-corrected chi connectivity index (χ2v) is 2.02. The average Bonchev–Trinajstić information content (AvgIpc) is 1.87. The Morgan fingerprint density at radius 2 is 2.43 bits per heavy atom. The monoisotopic (exact) mass is 100 g/mol. The van der Waals surface area contributed by atoms with Crippen LogP contribution in [0.4, 0.5) is 0 Å². The van der Waals surface area contributed by atoms with Crippen molar-refractivity contribution in [3.05, 3.63) is 5.92 Å². The zero-order valence-corrected chi connectivity index (χ0v) is 4.77. The second-order valence-electron chi connectivity index (χ2n) is 2.02. The Morgan fingerprint density at radius 1 is 1.71 bits per heavy atom. The van der Waals surface area contributed by atoms with Gasteiger partial charge in [-0.1, -0.05) is 6.92 Å². The van der Waals surface area contributed by atoms with Gasteiger partial charge in [-0.15, -0.1) is 0 Å². The van der Waals surface area contributed by atoms with E-state index in [1.807, 2.05) is 12.1 Å². The van der Waals surface area contributed by atoms with Gasteiger partial charge in [-0.2, -0.15) is 5.06 Å². The highest BCUT2D eigenvalue weighted by atomic mass is 16.7. The Kier molecular flexibility index (Phi) is 1.30. The fourth-order valence-electron chi connectivity index (χ4n) is 0.692. The fourth-order valence-corrected chi connectivity index (χ4v) is 0.692. The maximum absolute atomic E-state index is 5.06. The van der Waals surface area contributed by atoms with E-state index in [4.69, 9.17) is 4.84 Å². The van der Waals surface area contributed by atoms with Gasteiger partial charge in [-0.3, -0.25) is 4.84 Å². The second kappa shape index (κ2) is 1.80. The molecule has 2 nitrogen and oxygen atoms in total. The van der Waals surface area contributed by atoms with E-state index in [-0.39, 0.29) is 0 Å². The van der Waals surface area contributed by atoms with Crippen molar-refractivity contribution >= 4 is 0 Å². The number of rotatable bonds is 0. The third kappa shape index (κ3) is 1.14. The van der Waals surface area contributed by atoms with E-state index in [1.54, 1.807) is 0 Å². The summed E-state index contributed by atoms with van der Waals surface area (Å²) < 4.78 is 0. The maximum atomic E-state index is 5.06. The van der Waals surface area contributed by atoms with Crippen molar-refractivity contribution in [1.82, 2.24) is 5.06 Å². The summed E-state index contributed by atoms with van der Waals surface area (Å²) >= 11 is 0. The zero-order chi connectivity index (χ0) is 5.28. The Bertz CT molecular complexity index is 57.1. The normalized spacial score (nSPS) is 26.6. The molecule has 0 aromatic carbocycles. The van der Waals surface area contributed by atoms with Gasteiger partial charge in [-0.25, -0.2) is 0 Å². The van der Waals surface area contributed by atoms with Gasteiger partial charge in [0.2, 0.25) is 0 Å². The van der Waals surface area contributed by atoms with Crippen molar-refractivity contribution in [2.45, 2.75) is 6.92 Å². The van der Waals surface area contributed by atoms with E-state index in [1.165, 1.54) is 5.92 Å². The Morgan fingerprint density at radius 3 is 2.57 bits per heavy atom. The van der Waals surface area contributed by atoms with Crippen LogP contribution in [-0.2, 0) is 4.84 Å². The molecule has 0 atom stereocenters. The van der Waals surface area contributed by atoms with Gasteiger partial charge in [0.25, 0.3) is 0 Å². The lowest BCUT2D eigenvalue weighted by Gasteiger charge is -2.01. The molecule has 41 valence electrons. The summed E-state index contributed by atoms with van der Waals surface area (Å²) in [7, 11) is 1.94. The summed E-state index contributed by atoms with van der Waals surface area (Å²) in [6.07, 6.45) is 0. The molecule has 1 rings (SSSR count). The first-order chi connectivity index (χ1) is 3.29. The molecule has 1 radical (unpaired) electrons. The van der Waals surface area contributed by atoms with Crippen LogP contribution in [0, 0.1) is 5.92 Å². The minimum Gasteiger partial charge on any atom is -0.299 e. The van der Waals surface area contributed by atoms with Crippen molar-refractivity contribution in [3.8, 4) is 0 Å². The molecule has 0 bridgehead atoms. The molecule has 0 spiro atoms. The van der Waals surface area contributed by atoms with Crippen LogP contribution in [0.2, 0.25) is 0 Å². The predicted octanol–water partition coefficient (Wildman–Crippen LogP) is 0.458. The van der Waals surface area contributed by atoms with Gasteiger partial charge < -0.3 is 0 Å². The van der Waals surface area contributed by atoms with Crippen LogP contribution < -0.4 is 0 Å². The fraction of sp³-hybridized carbons (Fsp3) is 0.800. The smallest absolute Gasteiger partial charge is 0.0758 e. The van der Waals surface area contributed by atoms with Crippen molar-refractivity contribution in [1.29, 1.82) is 0 Å². The highest BCUT2D eigenvalue weighted by Crippen LogP contribution is 2.09. The molecule has 0 aliphatic carbocycles. The molecule has 1 aliphatic rings. The van der Waals surface area contributed by atoms with E-state index >= 15 is 0 Å². The van der Waals surface area contributed by atoms with Crippen LogP contribution in [0.5, 0.6) is 0 Å². The van der Waals surface area contributed by atoms with Gasteiger partial charge in [0.15, 0.2) is 0 Å². The van der Waals surface area contributed by atoms with E-state index < -0.39 is 0 Å². The third-order valence-corrected chi connectivity index (χ3v) is 1.02. The van der Waals surface area contributed by atoms with Gasteiger partial charge >= 0.3 is 0 Å². The molecular weight excluding hydrogens is 90.1 g/mol. The molecule has 1 fully saturated rings. The van der Waals surface area contributed by atoms with Gasteiger partial charge in [0.05, 0.1) is 6.61 Å². The lowest BCUT2D eigenvalue weighted by Crippen LogP contribution is -2.10. The number of hydrogen-bond acceptors (Lipinski definition) is 2. The topological polar surface area (TPSA) is 12.5 Å². The molecule has 0 saturated carbocycles. The third-order valence-electron chi connectivity index (χ3n) is 1.02. The summed E-state index contributed by atoms with van der Waals surface area (Å²) in [5.41, 5.74) is 0. The first-order valence-corrected chi connectivity index (χ1v) is 2.44. The van der Waals surface area contributed by atoms with Crippen LogP contribution in [-0.4, -0.2) is 25.3 Å². The summed E-state index contributed by atoms with van der Waals surface area (Å²) in [6, 6.07) is 0. The number of nitrogens with zero attached hydrogens (tertiary/aromatic N) is 1. The standard InChI is InChI=1S/C5H10NO/c1-5-3-6(2)7-4-5/h3-4H2,1-2H3. The van der Waals surface area contributed by atoms with Crippen molar-refractivity contribution in [2.75, 3.05) is 20.2 Å². The van der Waals surface area contributed by atoms with Crippen molar-refractivity contribution < 1.29 is 4.84 Å². The van der Waals surface area contributed by atoms with Crippen LogP contribution in [0.3, 0.4) is 0 Å². The largest absolute Gasteiger partial charge is 0.299 e. The highest BCUT2D eigenvalue weighted by Gasteiger charge is 2.15. The Hall–Kier alpha value is -0.0800. The lowest BCUT2D eigenvalue weighted by molar-refractivity contribution is -0.0865. The molecule has 0 aromatic heterocycles. The highest BCUT2D eigenvalue weighted by molar-refractivity contribution is 4.88. The van der Waals surface area contributed by atoms with Crippen LogP contribution in [0.1, 0.15) is 6.92 Å². The van der Waals surface area contributed by atoms with Gasteiger partial charge in [0, 0.05) is 19.5 Å². The molecule has 2 heteroatoms. The van der Waals surface area contributed by atoms with Gasteiger partial charge in [-0.05, 0) is 0 Å². The molecular formula is C5H10NO. The van der Waals surface area contributed by atoms with E-state index in [0.717, 1.165) is 13.2 Å². The van der Waals surface area contributed by atoms with Crippen LogP contribution in [0.15, 0.2) is 0 Å². The van der Waals surface area contributed by atoms with E-state index in [2.05, 4.69) is 6.92 Å². The first-order valence-electron chi connectivity index (χ1n) is 2.44. The van der Waals surface area contributed by atoms with Crippen molar-refractivity contribution in [3.63, 3.8) is 0 Å². The number of hydrogen-bond donors (Lipinski definition) is 0. The van der Waals surface area contributed by atoms with Crippen molar-refractivity contribution in [2.24, 2.45) is 0 Å². The molecule has 0 unspecified atom stereocenters. The molecule has 1 heterocycles. The molecule has 0 aromatic rings. The SMILES string of the molecule is C[C]1CON(C)C1. The Balaban J connectivity index is 2.26. The molecule has 1 aliphatic heterocycles. The quantitative estimate of drug-likeness (QED) is 0.438. The number of hydroxylamine groups is 2. The molecule has 0 amide bonds. The molecule has 0 N–H and O–H groups in total. The minimum atomic E-state index is 0.816. The summed E-state index contributed by atoms with van der Waals surface area (Å²) in [4.78, 5) is 5.06. The predicted molar refractivity (Wildman–Crippen MR) is 27.5 cm³/mol. The van der Waals surface area contributed by atoms with E-state index in [9.17, 15) is 0 Å². The summed E-state index contributed by atoms with van der Waals surface area (Å²) in [6.45, 7) is 3.92. The summed E-state index contributed by atoms with van der Waals surface area (Å²) in [5, 5.41) is 1.84. The van der Waals surface area contributed by atoms with Crippen LogP contribution in [0.25, 0.3) is 0 Å². The minimum absolute atomic E-state index is 0.816. The lowest BCUT2D eigenvalue weighted by atomic mass is 10.2. The summed E-state index contributed by atoms with van der Waals surface area (Å²) in [5.74, 6) is 1.41. The van der Waals surface area contributed by atoms with E-state index in [0.29, 0.717) is 0 Å². The first kappa shape index (κ1) is 5.06. The van der Waals surface area contributed by atoms with Crippen LogP contribution >= 0.6 is 0 Å². The molecule has 7 heavy (non-hydrogen) atoms. The molecule has 1 saturated heterocycles. The average molecular weight is 100 g/mol. The zero-order valence-electron chi connectivity index (χ0n) is 4.77.